The zero-order valence-electron chi connectivity index (χ0n) is 12.3. The Hall–Kier alpha value is -2.08. The molecule has 1 aromatic carbocycles. The molecule has 0 aliphatic carbocycles. The van der Waals surface area contributed by atoms with E-state index in [2.05, 4.69) is 4.98 Å². The van der Waals surface area contributed by atoms with Crippen molar-refractivity contribution in [2.24, 2.45) is 0 Å². The molecular weight excluding hydrogens is 290 g/mol. The lowest BCUT2D eigenvalue weighted by molar-refractivity contribution is 0.0692. The van der Waals surface area contributed by atoms with Crippen molar-refractivity contribution in [1.29, 1.82) is 0 Å². The van der Waals surface area contributed by atoms with E-state index < -0.39 is 5.97 Å². The summed E-state index contributed by atoms with van der Waals surface area (Å²) in [5.74, 6) is 0.357. The summed E-state index contributed by atoms with van der Waals surface area (Å²) in [5, 5.41) is 10.2. The second-order valence-electron chi connectivity index (χ2n) is 4.76. The molecule has 0 aliphatic heterocycles. The van der Waals surface area contributed by atoms with Crippen LogP contribution in [0.3, 0.4) is 0 Å². The molecule has 0 bridgehead atoms. The number of carboxylic acid groups (broad SMARTS) is 1. The maximum Gasteiger partial charge on any atom is 0.356 e. The molecule has 0 atom stereocenters. The number of carbonyl (C=O) groups is 1. The highest BCUT2D eigenvalue weighted by molar-refractivity contribution is 7.15. The van der Waals surface area contributed by atoms with Gasteiger partial charge in [0.05, 0.1) is 24.1 Å². The molecule has 2 aromatic rings. The lowest BCUT2D eigenvalue weighted by atomic mass is 10.1. The van der Waals surface area contributed by atoms with E-state index in [-0.39, 0.29) is 11.6 Å². The molecule has 0 spiro atoms. The topological polar surface area (TPSA) is 68.7 Å². The molecule has 0 saturated carbocycles. The van der Waals surface area contributed by atoms with Gasteiger partial charge in [-0.1, -0.05) is 13.8 Å². The summed E-state index contributed by atoms with van der Waals surface area (Å²) in [7, 11) is 3.12. The van der Waals surface area contributed by atoms with Gasteiger partial charge in [0, 0.05) is 11.5 Å². The van der Waals surface area contributed by atoms with E-state index in [1.165, 1.54) is 11.3 Å². The number of methoxy groups -OCH3 is 2. The molecule has 0 saturated heterocycles. The van der Waals surface area contributed by atoms with Gasteiger partial charge in [-0.05, 0) is 18.2 Å². The third kappa shape index (κ3) is 3.00. The predicted octanol–water partition coefficient (Wildman–Crippen LogP) is 3.65. The lowest BCUT2D eigenvalue weighted by Gasteiger charge is -2.09. The monoisotopic (exact) mass is 307 g/mol. The summed E-state index contributed by atoms with van der Waals surface area (Å²) < 4.78 is 10.5. The SMILES string of the molecule is COc1ccc(OC)c(-c2sc(C(C)C)nc2C(=O)O)c1. The average Bonchev–Trinajstić information content (AvgIpc) is 2.92. The van der Waals surface area contributed by atoms with Crippen molar-refractivity contribution in [2.45, 2.75) is 19.8 Å². The number of benzene rings is 1. The molecule has 6 heteroatoms. The van der Waals surface area contributed by atoms with E-state index in [0.717, 1.165) is 5.01 Å². The van der Waals surface area contributed by atoms with Crippen molar-refractivity contribution >= 4 is 17.3 Å². The third-order valence-corrected chi connectivity index (χ3v) is 4.38. The fraction of sp³-hybridized carbons (Fsp3) is 0.333. The van der Waals surface area contributed by atoms with Gasteiger partial charge in [-0.25, -0.2) is 9.78 Å². The van der Waals surface area contributed by atoms with Crippen LogP contribution in [-0.4, -0.2) is 30.3 Å². The standard InChI is InChI=1S/C15H17NO4S/c1-8(2)14-16-12(15(17)18)13(21-14)10-7-9(19-3)5-6-11(10)20-4/h5-8H,1-4H3,(H,17,18). The molecular formula is C15H17NO4S. The molecule has 1 aromatic heterocycles. The van der Waals surface area contributed by atoms with Crippen LogP contribution in [0.2, 0.25) is 0 Å². The van der Waals surface area contributed by atoms with Gasteiger partial charge in [0.2, 0.25) is 0 Å². The number of hydrogen-bond acceptors (Lipinski definition) is 5. The Morgan fingerprint density at radius 1 is 1.29 bits per heavy atom. The van der Waals surface area contributed by atoms with Crippen LogP contribution in [0.5, 0.6) is 11.5 Å². The van der Waals surface area contributed by atoms with E-state index in [1.54, 1.807) is 32.4 Å². The summed E-state index contributed by atoms with van der Waals surface area (Å²) in [6.07, 6.45) is 0. The van der Waals surface area contributed by atoms with E-state index >= 15 is 0 Å². The van der Waals surface area contributed by atoms with Crippen LogP contribution in [0.25, 0.3) is 10.4 Å². The van der Waals surface area contributed by atoms with Crippen molar-refractivity contribution in [3.63, 3.8) is 0 Å². The summed E-state index contributed by atoms with van der Waals surface area (Å²) in [4.78, 5) is 16.3. The van der Waals surface area contributed by atoms with Gasteiger partial charge >= 0.3 is 5.97 Å². The number of hydrogen-bond donors (Lipinski definition) is 1. The van der Waals surface area contributed by atoms with Gasteiger partial charge < -0.3 is 14.6 Å². The number of ether oxygens (including phenoxy) is 2. The van der Waals surface area contributed by atoms with Crippen LogP contribution in [-0.2, 0) is 0 Å². The molecule has 21 heavy (non-hydrogen) atoms. The van der Waals surface area contributed by atoms with Gasteiger partial charge in [-0.2, -0.15) is 0 Å². The Morgan fingerprint density at radius 2 is 2.00 bits per heavy atom. The van der Waals surface area contributed by atoms with Gasteiger partial charge in [0.1, 0.15) is 11.5 Å². The highest BCUT2D eigenvalue weighted by Crippen LogP contribution is 2.40. The average molecular weight is 307 g/mol. The second-order valence-corrected chi connectivity index (χ2v) is 5.79. The third-order valence-electron chi connectivity index (χ3n) is 2.99. The molecule has 0 fully saturated rings. The maximum atomic E-state index is 11.5. The van der Waals surface area contributed by atoms with Crippen molar-refractivity contribution in [1.82, 2.24) is 4.98 Å². The van der Waals surface area contributed by atoms with E-state index in [1.807, 2.05) is 13.8 Å². The molecule has 112 valence electrons. The lowest BCUT2D eigenvalue weighted by Crippen LogP contribution is -2.00. The van der Waals surface area contributed by atoms with E-state index in [4.69, 9.17) is 9.47 Å². The molecule has 5 nitrogen and oxygen atoms in total. The van der Waals surface area contributed by atoms with Crippen molar-refractivity contribution in [3.05, 3.63) is 28.9 Å². The zero-order chi connectivity index (χ0) is 15.6. The molecule has 0 unspecified atom stereocenters. The first-order chi connectivity index (χ1) is 9.97. The Morgan fingerprint density at radius 3 is 2.52 bits per heavy atom. The van der Waals surface area contributed by atoms with Gasteiger partial charge in [0.15, 0.2) is 5.69 Å². The van der Waals surface area contributed by atoms with Crippen molar-refractivity contribution < 1.29 is 19.4 Å². The van der Waals surface area contributed by atoms with Crippen LogP contribution in [0.4, 0.5) is 0 Å². The van der Waals surface area contributed by atoms with Gasteiger partial charge in [-0.3, -0.25) is 0 Å². The molecule has 0 radical (unpaired) electrons. The van der Waals surface area contributed by atoms with Crippen LogP contribution >= 0.6 is 11.3 Å². The Labute approximate surface area is 127 Å². The quantitative estimate of drug-likeness (QED) is 0.913. The van der Waals surface area contributed by atoms with Crippen molar-refractivity contribution in [3.8, 4) is 21.9 Å². The highest BCUT2D eigenvalue weighted by atomic mass is 32.1. The van der Waals surface area contributed by atoms with Crippen molar-refractivity contribution in [2.75, 3.05) is 14.2 Å². The fourth-order valence-corrected chi connectivity index (χ4v) is 2.98. The zero-order valence-corrected chi connectivity index (χ0v) is 13.2. The van der Waals surface area contributed by atoms with Crippen LogP contribution in [0.1, 0.15) is 35.3 Å². The molecule has 2 rings (SSSR count). The molecule has 1 heterocycles. The summed E-state index contributed by atoms with van der Waals surface area (Å²) in [6.45, 7) is 3.97. The van der Waals surface area contributed by atoms with Crippen LogP contribution in [0, 0.1) is 0 Å². The van der Waals surface area contributed by atoms with E-state index in [0.29, 0.717) is 21.9 Å². The summed E-state index contributed by atoms with van der Waals surface area (Å²) in [5.41, 5.74) is 0.730. The number of carboxylic acids is 1. The number of aromatic carboxylic acids is 1. The van der Waals surface area contributed by atoms with Gasteiger partial charge in [0.25, 0.3) is 0 Å². The Bertz CT molecular complexity index is 664. The summed E-state index contributed by atoms with van der Waals surface area (Å²) in [6, 6.07) is 5.30. The first-order valence-corrected chi connectivity index (χ1v) is 7.26. The number of aromatic nitrogens is 1. The number of nitrogens with zero attached hydrogens (tertiary/aromatic N) is 1. The summed E-state index contributed by atoms with van der Waals surface area (Å²) >= 11 is 1.37. The predicted molar refractivity (Wildman–Crippen MR) is 81.7 cm³/mol. The van der Waals surface area contributed by atoms with Gasteiger partial charge in [-0.15, -0.1) is 11.3 Å². The minimum Gasteiger partial charge on any atom is -0.497 e. The first kappa shape index (κ1) is 15.3. The normalized spacial score (nSPS) is 10.7. The Kier molecular flexibility index (Phi) is 4.47. The maximum absolute atomic E-state index is 11.5. The molecule has 1 N–H and O–H groups in total. The Balaban J connectivity index is 2.67. The smallest absolute Gasteiger partial charge is 0.356 e. The first-order valence-electron chi connectivity index (χ1n) is 6.44. The van der Waals surface area contributed by atoms with Crippen LogP contribution in [0.15, 0.2) is 18.2 Å². The fourth-order valence-electron chi connectivity index (χ4n) is 1.90. The van der Waals surface area contributed by atoms with E-state index in [9.17, 15) is 9.90 Å². The second kappa shape index (κ2) is 6.13. The largest absolute Gasteiger partial charge is 0.497 e. The minimum atomic E-state index is -1.04. The van der Waals surface area contributed by atoms with Crippen LogP contribution < -0.4 is 9.47 Å². The number of thiazole rings is 1. The highest BCUT2D eigenvalue weighted by Gasteiger charge is 2.22. The minimum absolute atomic E-state index is 0.0512. The number of rotatable bonds is 5. The molecule has 0 aliphatic rings. The molecule has 0 amide bonds.